The number of benzene rings is 3. The predicted molar refractivity (Wildman–Crippen MR) is 152 cm³/mol. The van der Waals surface area contributed by atoms with Crippen LogP contribution in [0.25, 0.3) is 0 Å². The van der Waals surface area contributed by atoms with Crippen molar-refractivity contribution in [2.75, 3.05) is 5.75 Å². The quantitative estimate of drug-likeness (QED) is 0.250. The molecule has 1 saturated heterocycles. The summed E-state index contributed by atoms with van der Waals surface area (Å²) in [5.74, 6) is 0.766. The van der Waals surface area contributed by atoms with Gasteiger partial charge in [0.1, 0.15) is 0 Å². The van der Waals surface area contributed by atoms with Crippen LogP contribution in [-0.2, 0) is 22.6 Å². The SMILES string of the molecule is C[C@@H]1[C@H](CSc2ccccc2)O[C@H](c2ccc(CNC(=O)c3cccnc3)cc2)O[C@@H]1c1ccc(CO)cc1. The maximum absolute atomic E-state index is 12.4. The van der Waals surface area contributed by atoms with Crippen LogP contribution in [0.2, 0.25) is 0 Å². The van der Waals surface area contributed by atoms with Gasteiger partial charge in [-0.3, -0.25) is 9.78 Å². The number of aliphatic hydroxyl groups excluding tert-OH is 1. The van der Waals surface area contributed by atoms with Gasteiger partial charge in [-0.15, -0.1) is 11.8 Å². The van der Waals surface area contributed by atoms with E-state index in [0.717, 1.165) is 28.0 Å². The number of aromatic nitrogens is 1. The number of thioether (sulfide) groups is 1. The van der Waals surface area contributed by atoms with Gasteiger partial charge in [0, 0.05) is 41.1 Å². The highest BCUT2D eigenvalue weighted by Gasteiger charge is 2.38. The number of hydrogen-bond acceptors (Lipinski definition) is 6. The lowest BCUT2D eigenvalue weighted by Gasteiger charge is -2.41. The summed E-state index contributed by atoms with van der Waals surface area (Å²) in [7, 11) is 0. The molecule has 3 aromatic carbocycles. The monoisotopic (exact) mass is 540 g/mol. The lowest BCUT2D eigenvalue weighted by molar-refractivity contribution is -0.268. The smallest absolute Gasteiger partial charge is 0.253 e. The molecule has 4 aromatic rings. The Morgan fingerprint density at radius 2 is 1.62 bits per heavy atom. The molecule has 6 nitrogen and oxygen atoms in total. The molecule has 0 bridgehead atoms. The summed E-state index contributed by atoms with van der Waals surface area (Å²) in [6.07, 6.45) is 2.48. The second kappa shape index (κ2) is 13.0. The lowest BCUT2D eigenvalue weighted by Crippen LogP contribution is -2.38. The molecule has 0 spiro atoms. The number of amides is 1. The van der Waals surface area contributed by atoms with E-state index >= 15 is 0 Å². The first-order valence-electron chi connectivity index (χ1n) is 13.1. The highest BCUT2D eigenvalue weighted by molar-refractivity contribution is 7.99. The van der Waals surface area contributed by atoms with Crippen molar-refractivity contribution in [2.45, 2.75) is 43.5 Å². The largest absolute Gasteiger partial charge is 0.392 e. The third-order valence-electron chi connectivity index (χ3n) is 6.91. The molecule has 1 aliphatic heterocycles. The second-order valence-corrected chi connectivity index (χ2v) is 10.7. The van der Waals surface area contributed by atoms with Crippen LogP contribution < -0.4 is 5.32 Å². The first-order valence-corrected chi connectivity index (χ1v) is 14.0. The number of aliphatic hydroxyl groups is 1. The van der Waals surface area contributed by atoms with Crippen LogP contribution in [0.3, 0.4) is 0 Å². The van der Waals surface area contributed by atoms with Gasteiger partial charge in [-0.25, -0.2) is 0 Å². The first-order chi connectivity index (χ1) is 19.1. The molecule has 200 valence electrons. The van der Waals surface area contributed by atoms with Gasteiger partial charge >= 0.3 is 0 Å². The molecule has 4 atom stereocenters. The number of carbonyl (C=O) groups is 1. The molecular formula is C32H32N2O4S. The minimum absolute atomic E-state index is 0.0124. The van der Waals surface area contributed by atoms with Crippen molar-refractivity contribution in [1.29, 1.82) is 0 Å². The molecule has 0 radical (unpaired) electrons. The lowest BCUT2D eigenvalue weighted by atomic mass is 9.91. The summed E-state index contributed by atoms with van der Waals surface area (Å²) in [4.78, 5) is 17.6. The van der Waals surface area contributed by atoms with Crippen LogP contribution in [0.15, 0.2) is 108 Å². The minimum Gasteiger partial charge on any atom is -0.392 e. The van der Waals surface area contributed by atoms with Crippen LogP contribution in [0.5, 0.6) is 0 Å². The number of carbonyl (C=O) groups excluding carboxylic acids is 1. The molecular weight excluding hydrogens is 508 g/mol. The van der Waals surface area contributed by atoms with Crippen molar-refractivity contribution < 1.29 is 19.4 Å². The molecule has 1 aliphatic rings. The zero-order chi connectivity index (χ0) is 27.0. The summed E-state index contributed by atoms with van der Waals surface area (Å²) in [6.45, 7) is 2.59. The first kappa shape index (κ1) is 27.1. The molecule has 1 fully saturated rings. The summed E-state index contributed by atoms with van der Waals surface area (Å²) in [5.41, 5.74) is 4.38. The number of pyridine rings is 1. The Bertz CT molecular complexity index is 1330. The number of nitrogens with one attached hydrogen (secondary N) is 1. The van der Waals surface area contributed by atoms with E-state index in [1.54, 1.807) is 36.3 Å². The van der Waals surface area contributed by atoms with Crippen LogP contribution >= 0.6 is 11.8 Å². The maximum atomic E-state index is 12.4. The second-order valence-electron chi connectivity index (χ2n) is 9.61. The van der Waals surface area contributed by atoms with E-state index in [1.165, 1.54) is 4.90 Å². The number of ether oxygens (including phenoxy) is 2. The zero-order valence-corrected chi connectivity index (χ0v) is 22.6. The number of rotatable bonds is 9. The molecule has 39 heavy (non-hydrogen) atoms. The van der Waals surface area contributed by atoms with E-state index < -0.39 is 6.29 Å². The number of hydrogen-bond donors (Lipinski definition) is 2. The highest BCUT2D eigenvalue weighted by Crippen LogP contribution is 2.43. The fourth-order valence-corrected chi connectivity index (χ4v) is 5.67. The van der Waals surface area contributed by atoms with Crippen molar-refractivity contribution in [3.63, 3.8) is 0 Å². The Morgan fingerprint density at radius 3 is 2.31 bits per heavy atom. The third kappa shape index (κ3) is 6.94. The molecule has 0 unspecified atom stereocenters. The minimum atomic E-state index is -0.524. The van der Waals surface area contributed by atoms with Crippen LogP contribution in [0, 0.1) is 5.92 Å². The molecule has 5 rings (SSSR count). The van der Waals surface area contributed by atoms with Crippen LogP contribution in [0.4, 0.5) is 0 Å². The Balaban J connectivity index is 1.30. The van der Waals surface area contributed by atoms with Crippen molar-refractivity contribution in [2.24, 2.45) is 5.92 Å². The molecule has 1 amide bonds. The maximum Gasteiger partial charge on any atom is 0.253 e. The standard InChI is InChI=1S/C32H32N2O4S/c1-22-29(21-39-28-7-3-2-4-8-28)37-32(38-30(22)25-13-11-24(20-35)12-14-25)26-15-9-23(10-16-26)18-34-31(36)27-6-5-17-33-19-27/h2-17,19,22,29-30,32,35H,18,20-21H2,1H3,(H,34,36)/t22-,29+,30+,32+/m1/s1. The fourth-order valence-electron chi connectivity index (χ4n) is 4.58. The van der Waals surface area contributed by atoms with Crippen molar-refractivity contribution in [3.05, 3.63) is 131 Å². The Hall–Kier alpha value is -3.49. The van der Waals surface area contributed by atoms with Gasteiger partial charge in [0.15, 0.2) is 6.29 Å². The van der Waals surface area contributed by atoms with Crippen LogP contribution in [0.1, 0.15) is 51.9 Å². The molecule has 0 saturated carbocycles. The van der Waals surface area contributed by atoms with Gasteiger partial charge in [0.05, 0.1) is 24.4 Å². The third-order valence-corrected chi connectivity index (χ3v) is 8.01. The van der Waals surface area contributed by atoms with E-state index in [1.807, 2.05) is 66.7 Å². The molecule has 0 aliphatic carbocycles. The Morgan fingerprint density at radius 1 is 0.897 bits per heavy atom. The van der Waals surface area contributed by atoms with Crippen molar-refractivity contribution in [3.8, 4) is 0 Å². The molecule has 2 heterocycles. The predicted octanol–water partition coefficient (Wildman–Crippen LogP) is 6.09. The zero-order valence-electron chi connectivity index (χ0n) is 21.8. The number of nitrogens with zero attached hydrogens (tertiary/aromatic N) is 1. The van der Waals surface area contributed by atoms with Crippen molar-refractivity contribution >= 4 is 17.7 Å². The topological polar surface area (TPSA) is 80.7 Å². The highest BCUT2D eigenvalue weighted by atomic mass is 32.2. The fraction of sp³-hybridized carbons (Fsp3) is 0.250. The summed E-state index contributed by atoms with van der Waals surface area (Å²) in [5, 5.41) is 12.4. The normalized spacial score (nSPS) is 20.9. The van der Waals surface area contributed by atoms with Gasteiger partial charge in [0.25, 0.3) is 5.91 Å². The summed E-state index contributed by atoms with van der Waals surface area (Å²) < 4.78 is 13.1. The van der Waals surface area contributed by atoms with E-state index in [-0.39, 0.29) is 30.6 Å². The van der Waals surface area contributed by atoms with Gasteiger partial charge in [-0.1, -0.05) is 73.7 Å². The van der Waals surface area contributed by atoms with Crippen LogP contribution in [-0.4, -0.2) is 27.9 Å². The molecule has 2 N–H and O–H groups in total. The van der Waals surface area contributed by atoms with E-state index in [9.17, 15) is 9.90 Å². The van der Waals surface area contributed by atoms with Crippen molar-refractivity contribution in [1.82, 2.24) is 10.3 Å². The molecule has 1 aromatic heterocycles. The average Bonchev–Trinajstić information content (AvgIpc) is 3.00. The van der Waals surface area contributed by atoms with Gasteiger partial charge in [-0.05, 0) is 41.0 Å². The van der Waals surface area contributed by atoms with E-state index in [2.05, 4.69) is 29.4 Å². The van der Waals surface area contributed by atoms with E-state index in [4.69, 9.17) is 9.47 Å². The van der Waals surface area contributed by atoms with Gasteiger partial charge < -0.3 is 19.9 Å². The Labute approximate surface area is 233 Å². The van der Waals surface area contributed by atoms with Gasteiger partial charge in [-0.2, -0.15) is 0 Å². The average molecular weight is 541 g/mol. The van der Waals surface area contributed by atoms with Gasteiger partial charge in [0.2, 0.25) is 0 Å². The van der Waals surface area contributed by atoms with E-state index in [0.29, 0.717) is 12.1 Å². The molecule has 7 heteroatoms. The Kier molecular flexibility index (Phi) is 9.06. The summed E-state index contributed by atoms with van der Waals surface area (Å²) >= 11 is 1.78. The summed E-state index contributed by atoms with van der Waals surface area (Å²) in [6, 6.07) is 29.8.